The van der Waals surface area contributed by atoms with Gasteiger partial charge in [-0.1, -0.05) is 11.6 Å². The Labute approximate surface area is 104 Å². The lowest BCUT2D eigenvalue weighted by Gasteiger charge is -2.08. The van der Waals surface area contributed by atoms with E-state index in [1.807, 2.05) is 0 Å². The van der Waals surface area contributed by atoms with Gasteiger partial charge in [-0.15, -0.1) is 0 Å². The van der Waals surface area contributed by atoms with Crippen LogP contribution in [0.4, 0.5) is 5.69 Å². The smallest absolute Gasteiger partial charge is 0.124 e. The van der Waals surface area contributed by atoms with Crippen molar-refractivity contribution in [2.75, 3.05) is 5.73 Å². The van der Waals surface area contributed by atoms with Gasteiger partial charge in [0.2, 0.25) is 0 Å². The Morgan fingerprint density at radius 2 is 1.82 bits per heavy atom. The van der Waals surface area contributed by atoms with Gasteiger partial charge in [-0.05, 0) is 36.4 Å². The van der Waals surface area contributed by atoms with Crippen LogP contribution in [-0.4, -0.2) is 5.11 Å². The number of aromatic hydroxyl groups is 1. The predicted octanol–water partition coefficient (Wildman–Crippen LogP) is 3.21. The summed E-state index contributed by atoms with van der Waals surface area (Å²) >= 11 is 5.76. The first-order chi connectivity index (χ1) is 8.15. The quantitative estimate of drug-likeness (QED) is 0.822. The topological polar surface area (TPSA) is 55.5 Å². The number of nitrogens with two attached hydrogens (primary N) is 1. The van der Waals surface area contributed by atoms with Gasteiger partial charge >= 0.3 is 0 Å². The molecule has 0 amide bonds. The highest BCUT2D eigenvalue weighted by atomic mass is 35.5. The van der Waals surface area contributed by atoms with E-state index < -0.39 is 0 Å². The third-order valence-electron chi connectivity index (χ3n) is 2.32. The van der Waals surface area contributed by atoms with Crippen molar-refractivity contribution >= 4 is 17.3 Å². The summed E-state index contributed by atoms with van der Waals surface area (Å²) < 4.78 is 5.51. The van der Waals surface area contributed by atoms with E-state index in [-0.39, 0.29) is 12.4 Å². The van der Waals surface area contributed by atoms with E-state index in [1.54, 1.807) is 36.4 Å². The lowest BCUT2D eigenvalue weighted by molar-refractivity contribution is 0.299. The number of phenols is 1. The van der Waals surface area contributed by atoms with Crippen LogP contribution in [0.15, 0.2) is 42.5 Å². The van der Waals surface area contributed by atoms with Crippen molar-refractivity contribution in [1.29, 1.82) is 0 Å². The Hall–Kier alpha value is -1.87. The molecule has 0 aliphatic carbocycles. The molecule has 17 heavy (non-hydrogen) atoms. The normalized spacial score (nSPS) is 10.2. The second kappa shape index (κ2) is 4.97. The summed E-state index contributed by atoms with van der Waals surface area (Å²) in [6.45, 7) is 0.285. The fraction of sp³-hybridized carbons (Fsp3) is 0.0769. The molecule has 0 radical (unpaired) electrons. The van der Waals surface area contributed by atoms with E-state index >= 15 is 0 Å². The third-order valence-corrected chi connectivity index (χ3v) is 2.57. The first-order valence-corrected chi connectivity index (χ1v) is 5.48. The molecule has 0 aliphatic rings. The van der Waals surface area contributed by atoms with Crippen LogP contribution >= 0.6 is 11.6 Å². The SMILES string of the molecule is Nc1ccc(COc2ccc(Cl)cc2)c(O)c1. The lowest BCUT2D eigenvalue weighted by Crippen LogP contribution is -1.96. The maximum Gasteiger partial charge on any atom is 0.124 e. The molecule has 0 atom stereocenters. The van der Waals surface area contributed by atoms with Gasteiger partial charge in [-0.2, -0.15) is 0 Å². The maximum absolute atomic E-state index is 9.63. The van der Waals surface area contributed by atoms with E-state index in [2.05, 4.69) is 0 Å². The molecular weight excluding hydrogens is 238 g/mol. The summed E-state index contributed by atoms with van der Waals surface area (Å²) in [5.41, 5.74) is 6.75. The van der Waals surface area contributed by atoms with Crippen molar-refractivity contribution in [1.82, 2.24) is 0 Å². The third kappa shape index (κ3) is 3.04. The Morgan fingerprint density at radius 3 is 2.47 bits per heavy atom. The largest absolute Gasteiger partial charge is 0.507 e. The average molecular weight is 250 g/mol. The molecule has 0 saturated carbocycles. The molecule has 4 heteroatoms. The zero-order chi connectivity index (χ0) is 12.3. The summed E-state index contributed by atoms with van der Waals surface area (Å²) in [5, 5.41) is 10.3. The fourth-order valence-corrected chi connectivity index (χ4v) is 1.52. The first kappa shape index (κ1) is 11.6. The standard InChI is InChI=1S/C13H12ClNO2/c14-10-2-5-12(6-3-10)17-8-9-1-4-11(15)7-13(9)16/h1-7,16H,8,15H2. The number of hydrogen-bond donors (Lipinski definition) is 2. The molecule has 0 saturated heterocycles. The molecule has 3 nitrogen and oxygen atoms in total. The monoisotopic (exact) mass is 249 g/mol. The summed E-state index contributed by atoms with van der Waals surface area (Å²) in [4.78, 5) is 0. The van der Waals surface area contributed by atoms with E-state index in [1.165, 1.54) is 6.07 Å². The Morgan fingerprint density at radius 1 is 1.12 bits per heavy atom. The number of benzene rings is 2. The summed E-state index contributed by atoms with van der Waals surface area (Å²) in [6, 6.07) is 12.0. The van der Waals surface area contributed by atoms with Crippen molar-refractivity contribution < 1.29 is 9.84 Å². The zero-order valence-corrected chi connectivity index (χ0v) is 9.82. The Balaban J connectivity index is 2.04. The number of anilines is 1. The maximum atomic E-state index is 9.63. The highest BCUT2D eigenvalue weighted by Crippen LogP contribution is 2.22. The van der Waals surface area contributed by atoms with Crippen LogP contribution in [0.2, 0.25) is 5.02 Å². The second-order valence-electron chi connectivity index (χ2n) is 3.63. The number of nitrogen functional groups attached to an aromatic ring is 1. The molecular formula is C13H12ClNO2. The van der Waals surface area contributed by atoms with E-state index in [0.717, 1.165) is 0 Å². The molecule has 0 bridgehead atoms. The van der Waals surface area contributed by atoms with Crippen LogP contribution in [0.3, 0.4) is 0 Å². The van der Waals surface area contributed by atoms with Crippen LogP contribution in [0.5, 0.6) is 11.5 Å². The molecule has 0 aliphatic heterocycles. The van der Waals surface area contributed by atoms with Crippen molar-refractivity contribution in [2.24, 2.45) is 0 Å². The zero-order valence-electron chi connectivity index (χ0n) is 9.06. The average Bonchev–Trinajstić information content (AvgIpc) is 2.30. The van der Waals surface area contributed by atoms with Gasteiger partial charge < -0.3 is 15.6 Å². The van der Waals surface area contributed by atoms with Gasteiger partial charge in [-0.3, -0.25) is 0 Å². The minimum absolute atomic E-state index is 0.138. The van der Waals surface area contributed by atoms with Crippen LogP contribution < -0.4 is 10.5 Å². The molecule has 0 fully saturated rings. The van der Waals surface area contributed by atoms with Gasteiger partial charge in [0.05, 0.1) is 0 Å². The van der Waals surface area contributed by atoms with Crippen molar-refractivity contribution in [3.05, 3.63) is 53.1 Å². The van der Waals surface area contributed by atoms with E-state index in [9.17, 15) is 5.11 Å². The Bertz CT molecular complexity index is 511. The number of halogens is 1. The number of phenolic OH excluding ortho intramolecular Hbond substituents is 1. The number of hydrogen-bond acceptors (Lipinski definition) is 3. The summed E-state index contributed by atoms with van der Waals surface area (Å²) in [6.07, 6.45) is 0. The van der Waals surface area contributed by atoms with Crippen molar-refractivity contribution in [2.45, 2.75) is 6.61 Å². The van der Waals surface area contributed by atoms with Crippen LogP contribution in [0.25, 0.3) is 0 Å². The van der Waals surface area contributed by atoms with Crippen LogP contribution in [0, 0.1) is 0 Å². The van der Waals surface area contributed by atoms with Gasteiger partial charge in [0, 0.05) is 22.3 Å². The van der Waals surface area contributed by atoms with Gasteiger partial charge in [-0.25, -0.2) is 0 Å². The lowest BCUT2D eigenvalue weighted by atomic mass is 10.2. The second-order valence-corrected chi connectivity index (χ2v) is 4.07. The van der Waals surface area contributed by atoms with E-state index in [0.29, 0.717) is 22.0 Å². The van der Waals surface area contributed by atoms with Gasteiger partial charge in [0.1, 0.15) is 18.1 Å². The molecule has 0 heterocycles. The fourth-order valence-electron chi connectivity index (χ4n) is 1.39. The molecule has 88 valence electrons. The number of ether oxygens (including phenoxy) is 1. The highest BCUT2D eigenvalue weighted by molar-refractivity contribution is 6.30. The first-order valence-electron chi connectivity index (χ1n) is 5.11. The predicted molar refractivity (Wildman–Crippen MR) is 68.3 cm³/mol. The Kier molecular flexibility index (Phi) is 3.40. The summed E-state index contributed by atoms with van der Waals surface area (Å²) in [7, 11) is 0. The van der Waals surface area contributed by atoms with Crippen molar-refractivity contribution in [3.63, 3.8) is 0 Å². The minimum Gasteiger partial charge on any atom is -0.507 e. The molecule has 2 aromatic rings. The number of rotatable bonds is 3. The molecule has 2 rings (SSSR count). The van der Waals surface area contributed by atoms with Crippen LogP contribution in [-0.2, 0) is 6.61 Å². The van der Waals surface area contributed by atoms with E-state index in [4.69, 9.17) is 22.1 Å². The molecule has 0 unspecified atom stereocenters. The molecule has 0 aromatic heterocycles. The molecule has 0 spiro atoms. The van der Waals surface area contributed by atoms with Gasteiger partial charge in [0.25, 0.3) is 0 Å². The van der Waals surface area contributed by atoms with Gasteiger partial charge in [0.15, 0.2) is 0 Å². The minimum atomic E-state index is 0.138. The molecule has 3 N–H and O–H groups in total. The highest BCUT2D eigenvalue weighted by Gasteiger charge is 2.02. The molecule has 2 aromatic carbocycles. The van der Waals surface area contributed by atoms with Crippen LogP contribution in [0.1, 0.15) is 5.56 Å². The summed E-state index contributed by atoms with van der Waals surface area (Å²) in [5.74, 6) is 0.838. The van der Waals surface area contributed by atoms with Crippen molar-refractivity contribution in [3.8, 4) is 11.5 Å².